The van der Waals surface area contributed by atoms with E-state index >= 15 is 0 Å². The molecule has 31 heavy (non-hydrogen) atoms. The highest BCUT2D eigenvalue weighted by Crippen LogP contribution is 2.41. The Labute approximate surface area is 189 Å². The molecule has 0 spiro atoms. The molecule has 3 atom stereocenters. The second kappa shape index (κ2) is 10.2. The molecule has 0 radical (unpaired) electrons. The monoisotopic (exact) mass is 430 g/mol. The number of carbonyl (C=O) groups excluding carboxylic acids is 1. The molecular formula is C26H42N2O3. The molecule has 5 heteroatoms. The number of hydrogen-bond acceptors (Lipinski definition) is 4. The fourth-order valence-electron chi connectivity index (χ4n) is 5.62. The Bertz CT molecular complexity index is 704. The molecule has 0 unspecified atom stereocenters. The molecule has 2 aliphatic heterocycles. The van der Waals surface area contributed by atoms with Crippen molar-refractivity contribution in [1.82, 2.24) is 9.80 Å². The summed E-state index contributed by atoms with van der Waals surface area (Å²) in [5.41, 5.74) is 0.930. The van der Waals surface area contributed by atoms with Crippen LogP contribution < -0.4 is 4.74 Å². The van der Waals surface area contributed by atoms with Gasteiger partial charge < -0.3 is 14.4 Å². The number of carbonyl (C=O) groups is 1. The molecule has 2 aliphatic rings. The Balaban J connectivity index is 1.56. The van der Waals surface area contributed by atoms with Gasteiger partial charge in [-0.15, -0.1) is 0 Å². The highest BCUT2D eigenvalue weighted by atomic mass is 16.6. The lowest BCUT2D eigenvalue weighted by atomic mass is 9.69. The third-order valence-electron chi connectivity index (χ3n) is 7.31. The van der Waals surface area contributed by atoms with Crippen LogP contribution >= 0.6 is 0 Å². The number of methoxy groups -OCH3 is 1. The van der Waals surface area contributed by atoms with Crippen molar-refractivity contribution in [3.05, 3.63) is 29.8 Å². The summed E-state index contributed by atoms with van der Waals surface area (Å²) in [4.78, 5) is 17.0. The van der Waals surface area contributed by atoms with E-state index in [4.69, 9.17) is 9.47 Å². The molecule has 2 fully saturated rings. The van der Waals surface area contributed by atoms with E-state index < -0.39 is 5.60 Å². The standard InChI is InChI=1S/C26H42N2O3/c1-7-23-19(2)28(18-20-8-10-22(30-6)11-9-20)17-14-24(23)21-12-15-27(16-13-21)25(29)31-26(3,4)5/h8-11,19,21,23-24H,7,12-18H2,1-6H3/t19-,23+,24+/m1/s1. The smallest absolute Gasteiger partial charge is 0.410 e. The zero-order valence-corrected chi connectivity index (χ0v) is 20.4. The van der Waals surface area contributed by atoms with Gasteiger partial charge in [0.15, 0.2) is 0 Å². The number of likely N-dealkylation sites (tertiary alicyclic amines) is 2. The Kier molecular flexibility index (Phi) is 7.90. The van der Waals surface area contributed by atoms with Gasteiger partial charge in [-0.05, 0) is 89.0 Å². The van der Waals surface area contributed by atoms with E-state index in [0.717, 1.165) is 50.7 Å². The number of amides is 1. The summed E-state index contributed by atoms with van der Waals surface area (Å²) >= 11 is 0. The Hall–Kier alpha value is -1.75. The molecule has 0 aliphatic carbocycles. The van der Waals surface area contributed by atoms with Gasteiger partial charge in [0.2, 0.25) is 0 Å². The van der Waals surface area contributed by atoms with Gasteiger partial charge in [-0.2, -0.15) is 0 Å². The summed E-state index contributed by atoms with van der Waals surface area (Å²) in [6.45, 7) is 14.4. The van der Waals surface area contributed by atoms with Crippen molar-refractivity contribution in [3.8, 4) is 5.75 Å². The summed E-state index contributed by atoms with van der Waals surface area (Å²) in [5, 5.41) is 0. The van der Waals surface area contributed by atoms with Gasteiger partial charge in [-0.3, -0.25) is 4.90 Å². The second-order valence-corrected chi connectivity index (χ2v) is 10.4. The molecule has 0 bridgehead atoms. The van der Waals surface area contributed by atoms with Crippen LogP contribution in [0.15, 0.2) is 24.3 Å². The molecule has 5 nitrogen and oxygen atoms in total. The van der Waals surface area contributed by atoms with E-state index in [1.165, 1.54) is 18.4 Å². The Morgan fingerprint density at radius 1 is 1.06 bits per heavy atom. The molecule has 0 saturated carbocycles. The van der Waals surface area contributed by atoms with Crippen LogP contribution in [-0.4, -0.2) is 54.3 Å². The van der Waals surface area contributed by atoms with Crippen molar-refractivity contribution >= 4 is 6.09 Å². The zero-order valence-electron chi connectivity index (χ0n) is 20.4. The van der Waals surface area contributed by atoms with Crippen LogP contribution in [0.25, 0.3) is 0 Å². The van der Waals surface area contributed by atoms with E-state index in [1.54, 1.807) is 7.11 Å². The van der Waals surface area contributed by atoms with E-state index in [9.17, 15) is 4.79 Å². The first-order valence-corrected chi connectivity index (χ1v) is 12.1. The highest BCUT2D eigenvalue weighted by molar-refractivity contribution is 5.68. The minimum atomic E-state index is -0.423. The average Bonchev–Trinajstić information content (AvgIpc) is 2.74. The van der Waals surface area contributed by atoms with Gasteiger partial charge in [0, 0.05) is 25.7 Å². The number of nitrogens with zero attached hydrogens (tertiary/aromatic N) is 2. The quantitative estimate of drug-likeness (QED) is 0.612. The maximum absolute atomic E-state index is 12.4. The van der Waals surface area contributed by atoms with Crippen LogP contribution in [0.3, 0.4) is 0 Å². The van der Waals surface area contributed by atoms with E-state index in [2.05, 4.69) is 43.0 Å². The predicted molar refractivity (Wildman–Crippen MR) is 125 cm³/mol. The molecule has 2 heterocycles. The van der Waals surface area contributed by atoms with Crippen molar-refractivity contribution in [1.29, 1.82) is 0 Å². The summed E-state index contributed by atoms with van der Waals surface area (Å²) in [7, 11) is 1.71. The Morgan fingerprint density at radius 2 is 1.71 bits per heavy atom. The number of benzene rings is 1. The minimum absolute atomic E-state index is 0.152. The summed E-state index contributed by atoms with van der Waals surface area (Å²) < 4.78 is 10.9. The molecule has 1 amide bonds. The number of ether oxygens (including phenoxy) is 2. The normalized spacial score (nSPS) is 26.0. The van der Waals surface area contributed by atoms with Crippen LogP contribution in [-0.2, 0) is 11.3 Å². The van der Waals surface area contributed by atoms with E-state index in [1.807, 2.05) is 25.7 Å². The molecule has 3 rings (SSSR count). The molecule has 1 aromatic rings. The average molecular weight is 431 g/mol. The van der Waals surface area contributed by atoms with Crippen molar-refractivity contribution in [3.63, 3.8) is 0 Å². The molecule has 2 saturated heterocycles. The topological polar surface area (TPSA) is 42.0 Å². The van der Waals surface area contributed by atoms with Crippen molar-refractivity contribution in [2.75, 3.05) is 26.7 Å². The maximum Gasteiger partial charge on any atom is 0.410 e. The summed E-state index contributed by atoms with van der Waals surface area (Å²) in [6, 6.07) is 9.07. The first kappa shape index (κ1) is 23.9. The Morgan fingerprint density at radius 3 is 2.26 bits per heavy atom. The van der Waals surface area contributed by atoms with Crippen molar-refractivity contribution < 1.29 is 14.3 Å². The van der Waals surface area contributed by atoms with Crippen LogP contribution in [0.2, 0.25) is 0 Å². The lowest BCUT2D eigenvalue weighted by Crippen LogP contribution is -2.50. The summed E-state index contributed by atoms with van der Waals surface area (Å²) in [5.74, 6) is 3.10. The van der Waals surface area contributed by atoms with Crippen LogP contribution in [0.1, 0.15) is 65.9 Å². The molecular weight excluding hydrogens is 388 g/mol. The lowest BCUT2D eigenvalue weighted by molar-refractivity contribution is -0.00654. The third-order valence-corrected chi connectivity index (χ3v) is 7.31. The van der Waals surface area contributed by atoms with E-state index in [0.29, 0.717) is 17.9 Å². The van der Waals surface area contributed by atoms with Gasteiger partial charge in [0.05, 0.1) is 7.11 Å². The van der Waals surface area contributed by atoms with Crippen LogP contribution in [0.5, 0.6) is 5.75 Å². The van der Waals surface area contributed by atoms with Crippen molar-refractivity contribution in [2.45, 2.75) is 78.5 Å². The molecule has 0 N–H and O–H groups in total. The van der Waals surface area contributed by atoms with Crippen LogP contribution in [0, 0.1) is 17.8 Å². The fourth-order valence-corrected chi connectivity index (χ4v) is 5.62. The third kappa shape index (κ3) is 6.15. The second-order valence-electron chi connectivity index (χ2n) is 10.4. The van der Waals surface area contributed by atoms with Crippen molar-refractivity contribution in [2.24, 2.45) is 17.8 Å². The first-order chi connectivity index (χ1) is 14.7. The SMILES string of the molecule is CC[C@H]1[C@@H](C)N(Cc2ccc(OC)cc2)CC[C@H]1C1CCN(C(=O)OC(C)(C)C)CC1. The minimum Gasteiger partial charge on any atom is -0.497 e. The van der Waals surface area contributed by atoms with Gasteiger partial charge in [-0.25, -0.2) is 4.79 Å². The highest BCUT2D eigenvalue weighted by Gasteiger charge is 2.40. The first-order valence-electron chi connectivity index (χ1n) is 12.1. The largest absolute Gasteiger partial charge is 0.497 e. The number of rotatable bonds is 5. The predicted octanol–water partition coefficient (Wildman–Crippen LogP) is 5.58. The van der Waals surface area contributed by atoms with Gasteiger partial charge in [-0.1, -0.05) is 25.5 Å². The molecule has 174 valence electrons. The van der Waals surface area contributed by atoms with Crippen LogP contribution in [0.4, 0.5) is 4.79 Å². The molecule has 1 aromatic carbocycles. The maximum atomic E-state index is 12.4. The van der Waals surface area contributed by atoms with Gasteiger partial charge in [0.1, 0.15) is 11.4 Å². The zero-order chi connectivity index (χ0) is 22.6. The van der Waals surface area contributed by atoms with Gasteiger partial charge in [0.25, 0.3) is 0 Å². The summed E-state index contributed by atoms with van der Waals surface area (Å²) in [6.07, 6.45) is 4.53. The van der Waals surface area contributed by atoms with E-state index in [-0.39, 0.29) is 6.09 Å². The van der Waals surface area contributed by atoms with Gasteiger partial charge >= 0.3 is 6.09 Å². The fraction of sp³-hybridized carbons (Fsp3) is 0.731. The lowest BCUT2D eigenvalue weighted by Gasteiger charge is -2.48. The number of hydrogen-bond donors (Lipinski definition) is 0. The molecule has 0 aromatic heterocycles. The number of piperidine rings is 2.